The van der Waals surface area contributed by atoms with Crippen molar-refractivity contribution in [1.29, 1.82) is 0 Å². The molecule has 1 heteroatoms. The molecule has 2 atom stereocenters. The van der Waals surface area contributed by atoms with Crippen LogP contribution in [0.25, 0.3) is 6.08 Å². The fourth-order valence-corrected chi connectivity index (χ4v) is 3.00. The Balaban J connectivity index is 1.70. The van der Waals surface area contributed by atoms with Crippen molar-refractivity contribution in [3.63, 3.8) is 0 Å². The highest BCUT2D eigenvalue weighted by molar-refractivity contribution is 5.52. The van der Waals surface area contributed by atoms with Gasteiger partial charge in [0.25, 0.3) is 0 Å². The van der Waals surface area contributed by atoms with Crippen LogP contribution in [0.1, 0.15) is 18.9 Å². The minimum atomic E-state index is 0.567. The summed E-state index contributed by atoms with van der Waals surface area (Å²) in [7, 11) is 0. The van der Waals surface area contributed by atoms with E-state index in [9.17, 15) is 0 Å². The second-order valence-electron chi connectivity index (χ2n) is 5.49. The van der Waals surface area contributed by atoms with E-state index in [1.54, 1.807) is 0 Å². The van der Waals surface area contributed by atoms with Crippen molar-refractivity contribution in [2.24, 2.45) is 5.92 Å². The first-order chi connectivity index (χ1) is 9.84. The van der Waals surface area contributed by atoms with Crippen molar-refractivity contribution in [3.8, 4) is 0 Å². The summed E-state index contributed by atoms with van der Waals surface area (Å²) in [5, 5.41) is 0. The number of hydrogen-bond donors (Lipinski definition) is 0. The second kappa shape index (κ2) is 5.96. The van der Waals surface area contributed by atoms with Crippen LogP contribution in [0.4, 0.5) is 5.69 Å². The Morgan fingerprint density at radius 1 is 0.950 bits per heavy atom. The summed E-state index contributed by atoms with van der Waals surface area (Å²) in [5.41, 5.74) is 2.63. The normalized spacial score (nSPS) is 22.6. The zero-order chi connectivity index (χ0) is 13.8. The summed E-state index contributed by atoms with van der Waals surface area (Å²) in [6, 6.07) is 21.9. The van der Waals surface area contributed by atoms with Gasteiger partial charge in [0.1, 0.15) is 0 Å². The Labute approximate surface area is 121 Å². The number of para-hydroxylation sites is 1. The van der Waals surface area contributed by atoms with E-state index in [0.717, 1.165) is 6.54 Å². The molecule has 0 saturated carbocycles. The molecule has 20 heavy (non-hydrogen) atoms. The van der Waals surface area contributed by atoms with Crippen LogP contribution in [0.3, 0.4) is 0 Å². The van der Waals surface area contributed by atoms with Crippen molar-refractivity contribution in [2.45, 2.75) is 19.4 Å². The third kappa shape index (κ3) is 2.77. The molecule has 0 N–H and O–H groups in total. The van der Waals surface area contributed by atoms with Crippen LogP contribution in [-0.2, 0) is 0 Å². The smallest absolute Gasteiger partial charge is 0.0368 e. The molecule has 0 aliphatic carbocycles. The maximum absolute atomic E-state index is 2.51. The topological polar surface area (TPSA) is 3.24 Å². The number of benzene rings is 2. The van der Waals surface area contributed by atoms with Gasteiger partial charge in [-0.3, -0.25) is 0 Å². The lowest BCUT2D eigenvalue weighted by molar-refractivity contribution is 0.605. The Bertz CT molecular complexity index is 559. The molecule has 1 fully saturated rings. The van der Waals surface area contributed by atoms with E-state index < -0.39 is 0 Å². The quantitative estimate of drug-likeness (QED) is 0.781. The highest BCUT2D eigenvalue weighted by Crippen LogP contribution is 2.30. The number of anilines is 1. The predicted octanol–water partition coefficient (Wildman–Crippen LogP) is 4.61. The molecule has 1 nitrogen and oxygen atoms in total. The first kappa shape index (κ1) is 13.0. The summed E-state index contributed by atoms with van der Waals surface area (Å²) in [6.07, 6.45) is 5.87. The maximum Gasteiger partial charge on any atom is 0.0368 e. The standard InChI is InChI=1S/C19H21N/c1-16-18(13-12-17-8-4-2-5-9-17)14-15-20(16)19-10-6-3-7-11-19/h2-13,16,18H,14-15H2,1H3/b13-12-/t16-,18+/m0/s1. The Morgan fingerprint density at radius 2 is 1.60 bits per heavy atom. The van der Waals surface area contributed by atoms with Crippen LogP contribution in [0, 0.1) is 5.92 Å². The molecule has 2 aromatic rings. The number of nitrogens with zero attached hydrogens (tertiary/aromatic N) is 1. The SMILES string of the molecule is C[C@H]1[C@H](/C=C\c2ccccc2)CCN1c1ccccc1. The summed E-state index contributed by atoms with van der Waals surface area (Å²) in [6.45, 7) is 3.48. The van der Waals surface area contributed by atoms with Crippen molar-refractivity contribution >= 4 is 11.8 Å². The molecule has 0 aromatic heterocycles. The van der Waals surface area contributed by atoms with Gasteiger partial charge in [-0.15, -0.1) is 0 Å². The van der Waals surface area contributed by atoms with E-state index in [-0.39, 0.29) is 0 Å². The lowest BCUT2D eigenvalue weighted by Gasteiger charge is -2.25. The molecular formula is C19H21N. The number of rotatable bonds is 3. The van der Waals surface area contributed by atoms with E-state index in [1.807, 2.05) is 0 Å². The number of hydrogen-bond acceptors (Lipinski definition) is 1. The Hall–Kier alpha value is -2.02. The minimum Gasteiger partial charge on any atom is -0.368 e. The van der Waals surface area contributed by atoms with Crippen LogP contribution in [-0.4, -0.2) is 12.6 Å². The predicted molar refractivity (Wildman–Crippen MR) is 86.8 cm³/mol. The van der Waals surface area contributed by atoms with Crippen molar-refractivity contribution in [3.05, 3.63) is 72.3 Å². The molecule has 1 aliphatic rings. The highest BCUT2D eigenvalue weighted by Gasteiger charge is 2.28. The summed E-state index contributed by atoms with van der Waals surface area (Å²) in [5.74, 6) is 0.635. The average molecular weight is 263 g/mol. The van der Waals surface area contributed by atoms with Crippen molar-refractivity contribution < 1.29 is 0 Å². The van der Waals surface area contributed by atoms with Gasteiger partial charge >= 0.3 is 0 Å². The molecule has 102 valence electrons. The average Bonchev–Trinajstić information content (AvgIpc) is 2.88. The van der Waals surface area contributed by atoms with Crippen molar-refractivity contribution in [1.82, 2.24) is 0 Å². The van der Waals surface area contributed by atoms with E-state index in [2.05, 4.69) is 84.6 Å². The lowest BCUT2D eigenvalue weighted by atomic mass is 10.00. The summed E-state index contributed by atoms with van der Waals surface area (Å²) < 4.78 is 0. The van der Waals surface area contributed by atoms with E-state index in [4.69, 9.17) is 0 Å². The molecule has 1 heterocycles. The molecule has 0 unspecified atom stereocenters. The summed E-state index contributed by atoms with van der Waals surface area (Å²) in [4.78, 5) is 2.51. The van der Waals surface area contributed by atoms with Gasteiger partial charge in [0.05, 0.1) is 0 Å². The minimum absolute atomic E-state index is 0.567. The largest absolute Gasteiger partial charge is 0.368 e. The first-order valence-electron chi connectivity index (χ1n) is 7.39. The Kier molecular flexibility index (Phi) is 3.87. The van der Waals surface area contributed by atoms with Crippen LogP contribution in [0.2, 0.25) is 0 Å². The fraction of sp³-hybridized carbons (Fsp3) is 0.263. The van der Waals surface area contributed by atoms with E-state index in [1.165, 1.54) is 17.7 Å². The first-order valence-corrected chi connectivity index (χ1v) is 7.39. The lowest BCUT2D eigenvalue weighted by Crippen LogP contribution is -2.29. The van der Waals surface area contributed by atoms with Crippen LogP contribution in [0.15, 0.2) is 66.7 Å². The molecule has 0 spiro atoms. The second-order valence-corrected chi connectivity index (χ2v) is 5.49. The van der Waals surface area contributed by atoms with Gasteiger partial charge in [-0.05, 0) is 37.0 Å². The van der Waals surface area contributed by atoms with Crippen LogP contribution >= 0.6 is 0 Å². The Morgan fingerprint density at radius 3 is 2.30 bits per heavy atom. The van der Waals surface area contributed by atoms with Crippen LogP contribution in [0.5, 0.6) is 0 Å². The van der Waals surface area contributed by atoms with Gasteiger partial charge in [0.2, 0.25) is 0 Å². The molecule has 0 bridgehead atoms. The fourth-order valence-electron chi connectivity index (χ4n) is 3.00. The monoisotopic (exact) mass is 263 g/mol. The third-order valence-electron chi connectivity index (χ3n) is 4.24. The molecule has 0 radical (unpaired) electrons. The highest BCUT2D eigenvalue weighted by atomic mass is 15.2. The molecule has 3 rings (SSSR count). The van der Waals surface area contributed by atoms with Gasteiger partial charge in [0.15, 0.2) is 0 Å². The van der Waals surface area contributed by atoms with Gasteiger partial charge in [-0.1, -0.05) is 60.7 Å². The maximum atomic E-state index is 2.51. The zero-order valence-electron chi connectivity index (χ0n) is 11.9. The molecular weight excluding hydrogens is 242 g/mol. The summed E-state index contributed by atoms with van der Waals surface area (Å²) >= 11 is 0. The molecule has 1 saturated heterocycles. The molecule has 2 aromatic carbocycles. The zero-order valence-corrected chi connectivity index (χ0v) is 11.9. The van der Waals surface area contributed by atoms with E-state index >= 15 is 0 Å². The van der Waals surface area contributed by atoms with Crippen LogP contribution < -0.4 is 4.90 Å². The van der Waals surface area contributed by atoms with Gasteiger partial charge < -0.3 is 4.90 Å². The molecule has 1 aliphatic heterocycles. The van der Waals surface area contributed by atoms with Gasteiger partial charge in [-0.2, -0.15) is 0 Å². The van der Waals surface area contributed by atoms with E-state index in [0.29, 0.717) is 12.0 Å². The van der Waals surface area contributed by atoms with Gasteiger partial charge in [-0.25, -0.2) is 0 Å². The third-order valence-corrected chi connectivity index (χ3v) is 4.24. The van der Waals surface area contributed by atoms with Crippen molar-refractivity contribution in [2.75, 3.05) is 11.4 Å². The van der Waals surface area contributed by atoms with Gasteiger partial charge in [0, 0.05) is 18.3 Å². The molecule has 0 amide bonds.